The van der Waals surface area contributed by atoms with Crippen molar-refractivity contribution in [3.63, 3.8) is 0 Å². The van der Waals surface area contributed by atoms with Gasteiger partial charge in [-0.25, -0.2) is 4.99 Å². The van der Waals surface area contributed by atoms with Crippen molar-refractivity contribution in [1.29, 1.82) is 0 Å². The molecule has 0 aromatic heterocycles. The summed E-state index contributed by atoms with van der Waals surface area (Å²) in [6.07, 6.45) is 0.373. The van der Waals surface area contributed by atoms with Crippen molar-refractivity contribution in [1.82, 2.24) is 0 Å². The third-order valence-electron chi connectivity index (χ3n) is 7.28. The van der Waals surface area contributed by atoms with Crippen molar-refractivity contribution in [2.75, 3.05) is 19.8 Å². The van der Waals surface area contributed by atoms with Crippen LogP contribution in [0.2, 0.25) is 0 Å². The van der Waals surface area contributed by atoms with Crippen LogP contribution in [-0.4, -0.2) is 41.6 Å². The number of aryl methyl sites for hydroxylation is 1. The summed E-state index contributed by atoms with van der Waals surface area (Å²) in [5.74, 6) is 0.534. The van der Waals surface area contributed by atoms with E-state index in [1.54, 1.807) is 13.0 Å². The van der Waals surface area contributed by atoms with Gasteiger partial charge in [-0.1, -0.05) is 80.7 Å². The van der Waals surface area contributed by atoms with Gasteiger partial charge in [-0.2, -0.15) is 13.2 Å². The molecule has 0 N–H and O–H groups in total. The maximum atomic E-state index is 14.0. The predicted octanol–water partition coefficient (Wildman–Crippen LogP) is 9.31. The van der Waals surface area contributed by atoms with Gasteiger partial charge in [-0.05, 0) is 42.9 Å². The highest BCUT2D eigenvalue weighted by atomic mass is 31.2. The molecule has 2 atom stereocenters. The highest BCUT2D eigenvalue weighted by molar-refractivity contribution is 7.62. The second-order valence-electron chi connectivity index (χ2n) is 13.1. The first kappa shape index (κ1) is 33.7. The fraction of sp³-hybridized carbons (Fsp3) is 0.767. The van der Waals surface area contributed by atoms with Crippen LogP contribution in [0.5, 0.6) is 5.75 Å². The van der Waals surface area contributed by atoms with Crippen LogP contribution in [0, 0.1) is 5.92 Å². The van der Waals surface area contributed by atoms with Crippen LogP contribution in [0.25, 0.3) is 0 Å². The quantitative estimate of drug-likeness (QED) is 0.174. The Morgan fingerprint density at radius 2 is 1.74 bits per heavy atom. The molecule has 2 unspecified atom stereocenters. The van der Waals surface area contributed by atoms with E-state index in [0.29, 0.717) is 24.3 Å². The molecule has 0 fully saturated rings. The smallest absolute Gasteiger partial charge is 0.419 e. The van der Waals surface area contributed by atoms with Crippen LogP contribution in [0.1, 0.15) is 106 Å². The van der Waals surface area contributed by atoms with Gasteiger partial charge < -0.3 is 14.0 Å². The molecule has 9 heteroatoms. The van der Waals surface area contributed by atoms with E-state index in [0.717, 1.165) is 25.7 Å². The minimum absolute atomic E-state index is 0.0688. The number of unbranched alkanes of at least 4 members (excludes halogenated alkanes) is 2. The molecule has 1 aliphatic heterocycles. The maximum absolute atomic E-state index is 14.0. The minimum Gasteiger partial charge on any atom is -0.493 e. The Bertz CT molecular complexity index is 1010. The summed E-state index contributed by atoms with van der Waals surface area (Å²) in [5.41, 5.74) is -1.06. The van der Waals surface area contributed by atoms with E-state index >= 15 is 0 Å². The van der Waals surface area contributed by atoms with Crippen molar-refractivity contribution in [3.05, 3.63) is 29.3 Å². The maximum Gasteiger partial charge on any atom is 0.419 e. The number of benzene rings is 1. The van der Waals surface area contributed by atoms with Gasteiger partial charge in [0.2, 0.25) is 7.37 Å². The molecule has 0 bridgehead atoms. The fourth-order valence-electron chi connectivity index (χ4n) is 5.03. The van der Waals surface area contributed by atoms with Crippen molar-refractivity contribution in [2.24, 2.45) is 10.9 Å². The Balaban J connectivity index is 2.21. The zero-order valence-electron chi connectivity index (χ0n) is 25.3. The second-order valence-corrected chi connectivity index (χ2v) is 17.1. The first-order valence-corrected chi connectivity index (χ1v) is 15.7. The second kappa shape index (κ2) is 13.0. The van der Waals surface area contributed by atoms with E-state index in [-0.39, 0.29) is 31.5 Å². The lowest BCUT2D eigenvalue weighted by Crippen LogP contribution is -2.38. The molecule has 0 spiro atoms. The third-order valence-corrected chi connectivity index (χ3v) is 11.3. The minimum atomic E-state index is -4.53. The van der Waals surface area contributed by atoms with Crippen molar-refractivity contribution < 1.29 is 31.7 Å². The molecule has 2 rings (SSSR count). The van der Waals surface area contributed by atoms with Crippen LogP contribution in [0.4, 0.5) is 13.2 Å². The van der Waals surface area contributed by atoms with Crippen LogP contribution in [-0.2, 0) is 26.4 Å². The van der Waals surface area contributed by atoms with E-state index in [2.05, 4.69) is 11.9 Å². The van der Waals surface area contributed by atoms with Gasteiger partial charge in [-0.15, -0.1) is 0 Å². The van der Waals surface area contributed by atoms with Gasteiger partial charge in [0.15, 0.2) is 5.90 Å². The molecule has 0 radical (unpaired) electrons. The zero-order valence-corrected chi connectivity index (χ0v) is 26.2. The number of aliphatic imine (C=N–C) groups is 1. The normalized spacial score (nSPS) is 19.5. The lowest BCUT2D eigenvalue weighted by molar-refractivity contribution is -0.139. The van der Waals surface area contributed by atoms with Crippen molar-refractivity contribution in [2.45, 2.75) is 123 Å². The zero-order chi connectivity index (χ0) is 29.7. The molecule has 0 aliphatic carbocycles. The number of rotatable bonds is 13. The van der Waals surface area contributed by atoms with Gasteiger partial charge in [-0.3, -0.25) is 4.57 Å². The summed E-state index contributed by atoms with van der Waals surface area (Å²) < 4.78 is 73.5. The number of hydrogen-bond donors (Lipinski definition) is 0. The SMILES string of the molecule is CCCCCC(C)COc1ccc(CCC2(COP(=O)(C(C)(C)C)C(C)(C)C)COC(C)=N2)cc1C(F)(F)F. The van der Waals surface area contributed by atoms with Gasteiger partial charge in [0.25, 0.3) is 0 Å². The van der Waals surface area contributed by atoms with Crippen LogP contribution in [0.15, 0.2) is 23.2 Å². The Labute approximate surface area is 233 Å². The Kier molecular flexibility index (Phi) is 11.2. The van der Waals surface area contributed by atoms with Crippen LogP contribution in [0.3, 0.4) is 0 Å². The predicted molar refractivity (Wildman–Crippen MR) is 153 cm³/mol. The molecular weight excluding hydrogens is 526 g/mol. The van der Waals surface area contributed by atoms with E-state index < -0.39 is 35.0 Å². The molecule has 0 saturated heterocycles. The van der Waals surface area contributed by atoms with Crippen LogP contribution < -0.4 is 4.74 Å². The third kappa shape index (κ3) is 8.98. The molecule has 0 saturated carbocycles. The van der Waals surface area contributed by atoms with Crippen molar-refractivity contribution >= 4 is 13.3 Å². The Morgan fingerprint density at radius 3 is 2.26 bits per heavy atom. The number of alkyl halides is 3. The van der Waals surface area contributed by atoms with E-state index in [9.17, 15) is 17.7 Å². The van der Waals surface area contributed by atoms with E-state index in [1.807, 2.05) is 48.5 Å². The van der Waals surface area contributed by atoms with E-state index in [1.165, 1.54) is 12.1 Å². The average Bonchev–Trinajstić information content (AvgIpc) is 3.19. The highest BCUT2D eigenvalue weighted by Crippen LogP contribution is 2.67. The molecule has 0 amide bonds. The largest absolute Gasteiger partial charge is 0.493 e. The van der Waals surface area contributed by atoms with Gasteiger partial charge in [0, 0.05) is 17.2 Å². The molecular formula is C30H49F3NO4P. The Hall–Kier alpha value is -1.53. The van der Waals surface area contributed by atoms with Gasteiger partial charge in [0.05, 0.1) is 18.8 Å². The molecule has 1 aromatic carbocycles. The molecule has 1 aliphatic rings. The molecule has 5 nitrogen and oxygen atoms in total. The van der Waals surface area contributed by atoms with Crippen molar-refractivity contribution in [3.8, 4) is 5.75 Å². The number of ether oxygens (including phenoxy) is 2. The standard InChI is InChI=1S/C30H49F3NO4P/c1-10-11-12-13-22(2)19-36-26-15-14-24(18-25(26)30(31,32)33)16-17-29(20-37-23(3)34-29)21-38-39(35,27(4,5)6)28(7,8)9/h14-15,18,22H,10-13,16-17,19-21H2,1-9H3. The Morgan fingerprint density at radius 1 is 1.10 bits per heavy atom. The molecule has 39 heavy (non-hydrogen) atoms. The summed E-state index contributed by atoms with van der Waals surface area (Å²) in [6, 6.07) is 4.28. The number of halogens is 3. The fourth-order valence-corrected chi connectivity index (χ4v) is 8.24. The topological polar surface area (TPSA) is 57.1 Å². The number of hydrogen-bond acceptors (Lipinski definition) is 5. The summed E-state index contributed by atoms with van der Waals surface area (Å²) in [5, 5.41) is -1.18. The summed E-state index contributed by atoms with van der Waals surface area (Å²) >= 11 is 0. The summed E-state index contributed by atoms with van der Waals surface area (Å²) in [6.45, 7) is 17.8. The molecule has 1 heterocycles. The van der Waals surface area contributed by atoms with Gasteiger partial charge in [0.1, 0.15) is 17.9 Å². The lowest BCUT2D eigenvalue weighted by atomic mass is 9.93. The van der Waals surface area contributed by atoms with E-state index in [4.69, 9.17) is 14.0 Å². The first-order chi connectivity index (χ1) is 17.8. The summed E-state index contributed by atoms with van der Waals surface area (Å²) in [7, 11) is -3.15. The first-order valence-electron chi connectivity index (χ1n) is 14.1. The average molecular weight is 576 g/mol. The number of nitrogens with zero attached hydrogens (tertiary/aromatic N) is 1. The highest BCUT2D eigenvalue weighted by Gasteiger charge is 2.50. The van der Waals surface area contributed by atoms with Gasteiger partial charge >= 0.3 is 6.18 Å². The molecule has 224 valence electrons. The summed E-state index contributed by atoms with van der Waals surface area (Å²) in [4.78, 5) is 4.67. The lowest BCUT2D eigenvalue weighted by Gasteiger charge is -2.41. The molecule has 1 aromatic rings. The monoisotopic (exact) mass is 575 g/mol. The van der Waals surface area contributed by atoms with Crippen LogP contribution >= 0.6 is 7.37 Å².